The second-order valence-corrected chi connectivity index (χ2v) is 5.51. The van der Waals surface area contributed by atoms with Crippen LogP contribution < -0.4 is 5.32 Å². The molecule has 0 saturated carbocycles. The van der Waals surface area contributed by atoms with Gasteiger partial charge in [0.05, 0.1) is 12.7 Å². The average Bonchev–Trinajstić information content (AvgIpc) is 2.91. The molecule has 4 heteroatoms. The molecule has 2 aromatic rings. The van der Waals surface area contributed by atoms with Gasteiger partial charge in [0.25, 0.3) is 0 Å². The maximum absolute atomic E-state index is 5.89. The molecule has 0 unspecified atom stereocenters. The van der Waals surface area contributed by atoms with Crippen LogP contribution in [-0.2, 0) is 6.54 Å². The molecule has 2 heterocycles. The molecule has 1 fully saturated rings. The Morgan fingerprint density at radius 3 is 2.90 bits per heavy atom. The fourth-order valence-electron chi connectivity index (χ4n) is 2.53. The summed E-state index contributed by atoms with van der Waals surface area (Å²) < 4.78 is 5.89. The third kappa shape index (κ3) is 2.92. The van der Waals surface area contributed by atoms with Crippen LogP contribution >= 0.6 is 0 Å². The van der Waals surface area contributed by atoms with Gasteiger partial charge in [0, 0.05) is 31.2 Å². The summed E-state index contributed by atoms with van der Waals surface area (Å²) in [5, 5.41) is 3.39. The van der Waals surface area contributed by atoms with Crippen molar-refractivity contribution in [2.75, 3.05) is 19.6 Å². The van der Waals surface area contributed by atoms with Crippen molar-refractivity contribution in [2.45, 2.75) is 26.4 Å². The van der Waals surface area contributed by atoms with Crippen LogP contribution in [0.25, 0.3) is 11.3 Å². The monoisotopic (exact) mass is 271 g/mol. The van der Waals surface area contributed by atoms with Crippen LogP contribution in [0.3, 0.4) is 0 Å². The Balaban J connectivity index is 1.71. The molecule has 0 aliphatic carbocycles. The van der Waals surface area contributed by atoms with Crippen molar-refractivity contribution in [2.24, 2.45) is 0 Å². The molecule has 3 rings (SSSR count). The smallest absolute Gasteiger partial charge is 0.209 e. The number of aryl methyl sites for hydroxylation is 1. The van der Waals surface area contributed by atoms with Gasteiger partial charge in [-0.3, -0.25) is 4.90 Å². The number of benzene rings is 1. The zero-order chi connectivity index (χ0) is 13.9. The third-order valence-corrected chi connectivity index (χ3v) is 3.87. The van der Waals surface area contributed by atoms with E-state index >= 15 is 0 Å². The van der Waals surface area contributed by atoms with E-state index in [0.717, 1.165) is 43.4 Å². The van der Waals surface area contributed by atoms with E-state index in [1.165, 1.54) is 5.56 Å². The SMILES string of the molecule is Cc1ccc(-c2cnc(CN3CCNC[C@H]3C)o2)cc1. The van der Waals surface area contributed by atoms with Crippen LogP contribution in [0.5, 0.6) is 0 Å². The fraction of sp³-hybridized carbons (Fsp3) is 0.438. The van der Waals surface area contributed by atoms with Crippen LogP contribution in [0.1, 0.15) is 18.4 Å². The summed E-state index contributed by atoms with van der Waals surface area (Å²) in [7, 11) is 0. The lowest BCUT2D eigenvalue weighted by molar-refractivity contribution is 0.151. The van der Waals surface area contributed by atoms with E-state index in [1.807, 2.05) is 6.20 Å². The molecule has 1 atom stereocenters. The second-order valence-electron chi connectivity index (χ2n) is 5.51. The van der Waals surface area contributed by atoms with Crippen LogP contribution in [0, 0.1) is 6.92 Å². The Hall–Kier alpha value is -1.65. The third-order valence-electron chi connectivity index (χ3n) is 3.87. The van der Waals surface area contributed by atoms with Crippen LogP contribution in [0.4, 0.5) is 0 Å². The highest BCUT2D eigenvalue weighted by Gasteiger charge is 2.19. The summed E-state index contributed by atoms with van der Waals surface area (Å²) in [4.78, 5) is 6.82. The Morgan fingerprint density at radius 1 is 1.35 bits per heavy atom. The molecular formula is C16H21N3O. The van der Waals surface area contributed by atoms with Gasteiger partial charge in [-0.05, 0) is 13.8 Å². The van der Waals surface area contributed by atoms with Gasteiger partial charge in [-0.2, -0.15) is 0 Å². The number of piperazine rings is 1. The molecule has 1 aliphatic heterocycles. The van der Waals surface area contributed by atoms with Crippen LogP contribution in [0.15, 0.2) is 34.9 Å². The highest BCUT2D eigenvalue weighted by atomic mass is 16.4. The Kier molecular flexibility index (Phi) is 3.85. The fourth-order valence-corrected chi connectivity index (χ4v) is 2.53. The molecule has 0 spiro atoms. The first kappa shape index (κ1) is 13.3. The number of rotatable bonds is 3. The largest absolute Gasteiger partial charge is 0.439 e. The molecule has 1 saturated heterocycles. The number of hydrogen-bond acceptors (Lipinski definition) is 4. The lowest BCUT2D eigenvalue weighted by Crippen LogP contribution is -2.49. The molecule has 0 radical (unpaired) electrons. The number of oxazole rings is 1. The first-order chi connectivity index (χ1) is 9.72. The summed E-state index contributed by atoms with van der Waals surface area (Å²) in [6, 6.07) is 8.87. The Morgan fingerprint density at radius 2 is 2.15 bits per heavy atom. The molecule has 1 aromatic carbocycles. The molecule has 0 amide bonds. The summed E-state index contributed by atoms with van der Waals surface area (Å²) in [5.74, 6) is 1.65. The van der Waals surface area contributed by atoms with Crippen molar-refractivity contribution >= 4 is 0 Å². The van der Waals surface area contributed by atoms with E-state index < -0.39 is 0 Å². The number of aromatic nitrogens is 1. The molecule has 0 bridgehead atoms. The van der Waals surface area contributed by atoms with Crippen LogP contribution in [-0.4, -0.2) is 35.6 Å². The number of nitrogens with one attached hydrogen (secondary N) is 1. The maximum atomic E-state index is 5.89. The minimum atomic E-state index is 0.526. The lowest BCUT2D eigenvalue weighted by Gasteiger charge is -2.32. The molecule has 1 N–H and O–H groups in total. The summed E-state index contributed by atoms with van der Waals surface area (Å²) >= 11 is 0. The van der Waals surface area contributed by atoms with Gasteiger partial charge < -0.3 is 9.73 Å². The van der Waals surface area contributed by atoms with Gasteiger partial charge >= 0.3 is 0 Å². The van der Waals surface area contributed by atoms with Gasteiger partial charge in [-0.1, -0.05) is 29.8 Å². The number of nitrogens with zero attached hydrogens (tertiary/aromatic N) is 2. The normalized spacial score (nSPS) is 20.2. The second kappa shape index (κ2) is 5.77. The minimum absolute atomic E-state index is 0.526. The van der Waals surface area contributed by atoms with Gasteiger partial charge in [-0.15, -0.1) is 0 Å². The molecular weight excluding hydrogens is 250 g/mol. The van der Waals surface area contributed by atoms with E-state index in [1.54, 1.807) is 0 Å². The predicted octanol–water partition coefficient (Wildman–Crippen LogP) is 2.44. The van der Waals surface area contributed by atoms with E-state index in [9.17, 15) is 0 Å². The number of hydrogen-bond donors (Lipinski definition) is 1. The first-order valence-electron chi connectivity index (χ1n) is 7.19. The van der Waals surface area contributed by atoms with E-state index in [0.29, 0.717) is 6.04 Å². The molecule has 106 valence electrons. The zero-order valence-corrected chi connectivity index (χ0v) is 12.1. The van der Waals surface area contributed by atoms with Gasteiger partial charge in [0.1, 0.15) is 0 Å². The van der Waals surface area contributed by atoms with Gasteiger partial charge in [-0.25, -0.2) is 4.98 Å². The molecule has 4 nitrogen and oxygen atoms in total. The first-order valence-corrected chi connectivity index (χ1v) is 7.19. The maximum Gasteiger partial charge on any atom is 0.209 e. The van der Waals surface area contributed by atoms with Crippen molar-refractivity contribution in [3.8, 4) is 11.3 Å². The van der Waals surface area contributed by atoms with Crippen molar-refractivity contribution in [1.82, 2.24) is 15.2 Å². The molecule has 1 aliphatic rings. The average molecular weight is 271 g/mol. The predicted molar refractivity (Wildman–Crippen MR) is 79.4 cm³/mol. The van der Waals surface area contributed by atoms with Crippen molar-refractivity contribution in [3.05, 3.63) is 41.9 Å². The van der Waals surface area contributed by atoms with Gasteiger partial charge in [0.15, 0.2) is 5.76 Å². The Bertz CT molecular complexity index is 561. The summed E-state index contributed by atoms with van der Waals surface area (Å²) in [5.41, 5.74) is 2.34. The van der Waals surface area contributed by atoms with Crippen molar-refractivity contribution in [3.63, 3.8) is 0 Å². The van der Waals surface area contributed by atoms with Gasteiger partial charge in [0.2, 0.25) is 5.89 Å². The van der Waals surface area contributed by atoms with E-state index in [-0.39, 0.29) is 0 Å². The highest BCUT2D eigenvalue weighted by molar-refractivity contribution is 5.56. The van der Waals surface area contributed by atoms with E-state index in [2.05, 4.69) is 53.3 Å². The molecule has 20 heavy (non-hydrogen) atoms. The molecule has 1 aromatic heterocycles. The minimum Gasteiger partial charge on any atom is -0.439 e. The quantitative estimate of drug-likeness (QED) is 0.931. The summed E-state index contributed by atoms with van der Waals surface area (Å²) in [6.45, 7) is 8.22. The summed E-state index contributed by atoms with van der Waals surface area (Å²) in [6.07, 6.45) is 1.83. The van der Waals surface area contributed by atoms with Crippen LogP contribution in [0.2, 0.25) is 0 Å². The highest BCUT2D eigenvalue weighted by Crippen LogP contribution is 2.21. The lowest BCUT2D eigenvalue weighted by atomic mass is 10.1. The van der Waals surface area contributed by atoms with E-state index in [4.69, 9.17) is 4.42 Å². The Labute approximate surface area is 119 Å². The topological polar surface area (TPSA) is 41.3 Å². The van der Waals surface area contributed by atoms with Crippen molar-refractivity contribution in [1.29, 1.82) is 0 Å². The standard InChI is InChI=1S/C16H21N3O/c1-12-3-5-14(6-4-12)15-10-18-16(20-15)11-19-8-7-17-9-13(19)2/h3-6,10,13,17H,7-9,11H2,1-2H3/t13-/m1/s1. The van der Waals surface area contributed by atoms with Crippen molar-refractivity contribution < 1.29 is 4.42 Å². The zero-order valence-electron chi connectivity index (χ0n) is 12.1.